The van der Waals surface area contributed by atoms with E-state index in [1.165, 1.54) is 17.8 Å². The third-order valence-electron chi connectivity index (χ3n) is 2.00. The van der Waals surface area contributed by atoms with Crippen LogP contribution in [-0.2, 0) is 12.8 Å². The van der Waals surface area contributed by atoms with E-state index in [1.54, 1.807) is 6.20 Å². The minimum Gasteiger partial charge on any atom is -0.383 e. The number of aromatic nitrogens is 4. The molecule has 6 nitrogen and oxygen atoms in total. The second-order valence-corrected chi connectivity index (χ2v) is 4.19. The van der Waals surface area contributed by atoms with E-state index >= 15 is 0 Å². The van der Waals surface area contributed by atoms with Gasteiger partial charge in [-0.25, -0.2) is 15.0 Å². The maximum Gasteiger partial charge on any atom is 0.191 e. The lowest BCUT2D eigenvalue weighted by Gasteiger charge is -2.02. The molecule has 7 heteroatoms. The van der Waals surface area contributed by atoms with E-state index in [2.05, 4.69) is 15.0 Å². The quantitative estimate of drug-likeness (QED) is 0.600. The zero-order valence-electron chi connectivity index (χ0n) is 8.79. The van der Waals surface area contributed by atoms with Gasteiger partial charge in [0, 0.05) is 25.5 Å². The first-order valence-corrected chi connectivity index (χ1v) is 5.63. The molecule has 4 N–H and O–H groups in total. The van der Waals surface area contributed by atoms with Crippen molar-refractivity contribution in [1.29, 1.82) is 0 Å². The molecule has 16 heavy (non-hydrogen) atoms. The van der Waals surface area contributed by atoms with Crippen molar-refractivity contribution in [2.24, 2.45) is 7.05 Å². The largest absolute Gasteiger partial charge is 0.383 e. The summed E-state index contributed by atoms with van der Waals surface area (Å²) in [6.07, 6.45) is 3.65. The third kappa shape index (κ3) is 2.43. The van der Waals surface area contributed by atoms with Gasteiger partial charge in [-0.15, -0.1) is 0 Å². The Kier molecular flexibility index (Phi) is 2.95. The number of hydrogen-bond donors (Lipinski definition) is 2. The van der Waals surface area contributed by atoms with Gasteiger partial charge in [-0.2, -0.15) is 0 Å². The lowest BCUT2D eigenvalue weighted by Crippen LogP contribution is -2.00. The van der Waals surface area contributed by atoms with Crippen LogP contribution < -0.4 is 11.5 Å². The number of nitrogens with two attached hydrogens (primary N) is 2. The second kappa shape index (κ2) is 4.40. The average Bonchev–Trinajstić information content (AvgIpc) is 2.59. The lowest BCUT2D eigenvalue weighted by molar-refractivity contribution is 0.847. The molecule has 0 aliphatic carbocycles. The lowest BCUT2D eigenvalue weighted by atomic mass is 10.5. The SMILES string of the molecule is Cn1ccnc1CSc1nc(N)cc(N)n1. The van der Waals surface area contributed by atoms with Crippen molar-refractivity contribution in [2.75, 3.05) is 11.5 Å². The Bertz CT molecular complexity index is 474. The van der Waals surface area contributed by atoms with Crippen molar-refractivity contribution >= 4 is 23.4 Å². The second-order valence-electron chi connectivity index (χ2n) is 3.24. The van der Waals surface area contributed by atoms with Crippen LogP contribution in [0, 0.1) is 0 Å². The molecule has 0 aromatic carbocycles. The fraction of sp³-hybridized carbons (Fsp3) is 0.222. The van der Waals surface area contributed by atoms with E-state index in [0.717, 1.165) is 5.82 Å². The molecule has 0 amide bonds. The zero-order chi connectivity index (χ0) is 11.5. The topological polar surface area (TPSA) is 95.6 Å². The highest BCUT2D eigenvalue weighted by atomic mass is 32.2. The highest BCUT2D eigenvalue weighted by Gasteiger charge is 2.04. The summed E-state index contributed by atoms with van der Waals surface area (Å²) in [7, 11) is 1.94. The molecule has 0 fully saturated rings. The average molecular weight is 236 g/mol. The smallest absolute Gasteiger partial charge is 0.191 e. The normalized spacial score (nSPS) is 10.6. The summed E-state index contributed by atoms with van der Waals surface area (Å²) in [4.78, 5) is 12.4. The van der Waals surface area contributed by atoms with E-state index in [4.69, 9.17) is 11.5 Å². The summed E-state index contributed by atoms with van der Waals surface area (Å²) in [5.74, 6) is 2.41. The van der Waals surface area contributed by atoms with E-state index in [-0.39, 0.29) is 0 Å². The fourth-order valence-corrected chi connectivity index (χ4v) is 2.07. The van der Waals surface area contributed by atoms with E-state index in [0.29, 0.717) is 22.5 Å². The van der Waals surface area contributed by atoms with Crippen LogP contribution in [0.5, 0.6) is 0 Å². The predicted molar refractivity (Wildman–Crippen MR) is 63.6 cm³/mol. The van der Waals surface area contributed by atoms with E-state index in [9.17, 15) is 0 Å². The van der Waals surface area contributed by atoms with Crippen molar-refractivity contribution in [1.82, 2.24) is 19.5 Å². The summed E-state index contributed by atoms with van der Waals surface area (Å²) in [6.45, 7) is 0. The molecule has 0 saturated carbocycles. The van der Waals surface area contributed by atoms with Crippen molar-refractivity contribution in [3.05, 3.63) is 24.3 Å². The van der Waals surface area contributed by atoms with E-state index < -0.39 is 0 Å². The first-order valence-electron chi connectivity index (χ1n) is 4.64. The minimum absolute atomic E-state index is 0.384. The van der Waals surface area contributed by atoms with Crippen LogP contribution in [0.1, 0.15) is 5.82 Å². The molecule has 0 atom stereocenters. The van der Waals surface area contributed by atoms with Gasteiger partial charge in [0.2, 0.25) is 0 Å². The van der Waals surface area contributed by atoms with Gasteiger partial charge in [0.25, 0.3) is 0 Å². The first kappa shape index (κ1) is 10.7. The number of anilines is 2. The molecule has 84 valence electrons. The fourth-order valence-electron chi connectivity index (χ4n) is 1.19. The highest BCUT2D eigenvalue weighted by Crippen LogP contribution is 2.19. The molecule has 2 aromatic heterocycles. The molecular weight excluding hydrogens is 224 g/mol. The molecule has 2 rings (SSSR count). The van der Waals surface area contributed by atoms with Gasteiger partial charge in [0.1, 0.15) is 17.5 Å². The molecule has 0 aliphatic rings. The van der Waals surface area contributed by atoms with Gasteiger partial charge in [-0.05, 0) is 0 Å². The third-order valence-corrected chi connectivity index (χ3v) is 2.84. The molecule has 0 unspecified atom stereocenters. The minimum atomic E-state index is 0.384. The van der Waals surface area contributed by atoms with Gasteiger partial charge in [-0.1, -0.05) is 11.8 Å². The Labute approximate surface area is 97.1 Å². The number of imidazole rings is 1. The van der Waals surface area contributed by atoms with E-state index in [1.807, 2.05) is 17.8 Å². The van der Waals surface area contributed by atoms with Crippen molar-refractivity contribution < 1.29 is 0 Å². The highest BCUT2D eigenvalue weighted by molar-refractivity contribution is 7.98. The maximum atomic E-state index is 5.57. The number of hydrogen-bond acceptors (Lipinski definition) is 6. The summed E-state index contributed by atoms with van der Waals surface area (Å²) < 4.78 is 1.95. The Morgan fingerprint density at radius 2 is 2.00 bits per heavy atom. The predicted octanol–water partition coefficient (Wildman–Crippen LogP) is 0.667. The standard InChI is InChI=1S/C9H12N6S/c1-15-3-2-12-8(15)5-16-9-13-6(10)4-7(11)14-9/h2-4H,5H2,1H3,(H4,10,11,13,14). The monoisotopic (exact) mass is 236 g/mol. The van der Waals surface area contributed by atoms with Crippen LogP contribution in [0.4, 0.5) is 11.6 Å². The van der Waals surface area contributed by atoms with Crippen molar-refractivity contribution in [2.45, 2.75) is 10.9 Å². The van der Waals surface area contributed by atoms with Gasteiger partial charge < -0.3 is 16.0 Å². The van der Waals surface area contributed by atoms with Crippen LogP contribution in [0.3, 0.4) is 0 Å². The maximum absolute atomic E-state index is 5.57. The molecule has 0 saturated heterocycles. The molecule has 0 spiro atoms. The van der Waals surface area contributed by atoms with Gasteiger partial charge in [-0.3, -0.25) is 0 Å². The van der Waals surface area contributed by atoms with Crippen molar-refractivity contribution in [3.63, 3.8) is 0 Å². The van der Waals surface area contributed by atoms with Crippen molar-refractivity contribution in [3.8, 4) is 0 Å². The summed E-state index contributed by atoms with van der Waals surface area (Å²) in [6, 6.07) is 1.53. The Morgan fingerprint density at radius 3 is 2.56 bits per heavy atom. The number of thioether (sulfide) groups is 1. The Balaban J connectivity index is 2.07. The molecule has 0 bridgehead atoms. The molecule has 2 aromatic rings. The number of nitrogens with zero attached hydrogens (tertiary/aromatic N) is 4. The molecular formula is C9H12N6S. The molecule has 0 aliphatic heterocycles. The molecule has 0 radical (unpaired) electrons. The van der Waals surface area contributed by atoms with Gasteiger partial charge >= 0.3 is 0 Å². The van der Waals surface area contributed by atoms with Gasteiger partial charge in [0.05, 0.1) is 5.75 Å². The Hall–Kier alpha value is -1.76. The first-order chi connectivity index (χ1) is 7.65. The Morgan fingerprint density at radius 1 is 1.31 bits per heavy atom. The van der Waals surface area contributed by atoms with Crippen LogP contribution in [0.15, 0.2) is 23.6 Å². The number of rotatable bonds is 3. The van der Waals surface area contributed by atoms with Crippen LogP contribution in [-0.4, -0.2) is 19.5 Å². The number of aryl methyl sites for hydroxylation is 1. The van der Waals surface area contributed by atoms with Crippen LogP contribution >= 0.6 is 11.8 Å². The van der Waals surface area contributed by atoms with Crippen LogP contribution in [0.25, 0.3) is 0 Å². The summed E-state index contributed by atoms with van der Waals surface area (Å²) >= 11 is 1.46. The molecule has 2 heterocycles. The summed E-state index contributed by atoms with van der Waals surface area (Å²) in [5.41, 5.74) is 11.1. The number of nitrogen functional groups attached to an aromatic ring is 2. The summed E-state index contributed by atoms with van der Waals surface area (Å²) in [5, 5.41) is 0.570. The van der Waals surface area contributed by atoms with Crippen LogP contribution in [0.2, 0.25) is 0 Å². The van der Waals surface area contributed by atoms with Gasteiger partial charge in [0.15, 0.2) is 5.16 Å². The zero-order valence-corrected chi connectivity index (χ0v) is 9.61.